The Kier molecular flexibility index (Phi) is 6.65. The van der Waals surface area contributed by atoms with Gasteiger partial charge in [0.15, 0.2) is 5.82 Å². The molecule has 0 radical (unpaired) electrons. The van der Waals surface area contributed by atoms with Crippen LogP contribution in [0.3, 0.4) is 0 Å². The molecule has 1 saturated carbocycles. The average Bonchev–Trinajstić information content (AvgIpc) is 3.53. The van der Waals surface area contributed by atoms with Crippen LogP contribution < -0.4 is 5.69 Å². The molecule has 1 aromatic carbocycles. The molecular formula is C26H31N7O. The van der Waals surface area contributed by atoms with E-state index in [0.717, 1.165) is 60.1 Å². The van der Waals surface area contributed by atoms with Crippen LogP contribution in [-0.4, -0.2) is 34.7 Å². The van der Waals surface area contributed by atoms with E-state index in [0.29, 0.717) is 18.4 Å². The lowest BCUT2D eigenvalue weighted by Crippen LogP contribution is -2.29. The van der Waals surface area contributed by atoms with Crippen LogP contribution >= 0.6 is 0 Å². The zero-order valence-corrected chi connectivity index (χ0v) is 19.7. The molecule has 34 heavy (non-hydrogen) atoms. The quantitative estimate of drug-likeness (QED) is 0.411. The number of H-pyrrole nitrogens is 1. The predicted octanol–water partition coefficient (Wildman–Crippen LogP) is 4.79. The van der Waals surface area contributed by atoms with E-state index in [-0.39, 0.29) is 5.69 Å². The van der Waals surface area contributed by atoms with E-state index in [2.05, 4.69) is 63.0 Å². The third kappa shape index (κ3) is 4.58. The number of tetrazole rings is 1. The summed E-state index contributed by atoms with van der Waals surface area (Å²) in [4.78, 5) is 17.6. The summed E-state index contributed by atoms with van der Waals surface area (Å²) in [5.41, 5.74) is 5.30. The first kappa shape index (κ1) is 22.3. The van der Waals surface area contributed by atoms with Gasteiger partial charge < -0.3 is 0 Å². The second kappa shape index (κ2) is 10.2. The number of pyridine rings is 1. The standard InChI is InChI=1S/C26H31N7O/c1-2-3-7-22-18-33(21-8-5-4-6-9-21)26(34)32(22)17-19-10-12-20(13-11-19)23-14-15-27-16-24(23)25-28-30-31-29-25/h10-16,18,21H,2-9,17H2,1H3,(H,28,29,30,31). The molecule has 3 heterocycles. The number of nitrogens with zero attached hydrogens (tertiary/aromatic N) is 6. The van der Waals surface area contributed by atoms with Gasteiger partial charge in [0, 0.05) is 35.9 Å². The van der Waals surface area contributed by atoms with Gasteiger partial charge in [0.2, 0.25) is 0 Å². The zero-order valence-electron chi connectivity index (χ0n) is 19.7. The SMILES string of the molecule is CCCCc1cn(C2CCCCC2)c(=O)n1Cc1ccc(-c2ccncc2-c2nnn[nH]2)cc1. The van der Waals surface area contributed by atoms with Gasteiger partial charge in [-0.25, -0.2) is 9.89 Å². The van der Waals surface area contributed by atoms with E-state index in [1.54, 1.807) is 12.4 Å². The number of imidazole rings is 1. The van der Waals surface area contributed by atoms with Crippen molar-refractivity contribution in [2.45, 2.75) is 70.9 Å². The van der Waals surface area contributed by atoms with E-state index >= 15 is 0 Å². The van der Waals surface area contributed by atoms with Crippen molar-refractivity contribution in [2.24, 2.45) is 0 Å². The number of nitrogens with one attached hydrogen (secondary N) is 1. The summed E-state index contributed by atoms with van der Waals surface area (Å²) in [5, 5.41) is 14.2. The topological polar surface area (TPSA) is 94.3 Å². The molecule has 0 unspecified atom stereocenters. The van der Waals surface area contributed by atoms with Crippen molar-refractivity contribution < 1.29 is 0 Å². The van der Waals surface area contributed by atoms with Crippen molar-refractivity contribution in [2.75, 3.05) is 0 Å². The van der Waals surface area contributed by atoms with Gasteiger partial charge in [0.05, 0.1) is 6.54 Å². The second-order valence-corrected chi connectivity index (χ2v) is 9.16. The number of aromatic amines is 1. The van der Waals surface area contributed by atoms with Crippen LogP contribution in [0.15, 0.2) is 53.7 Å². The van der Waals surface area contributed by atoms with Crippen LogP contribution in [0.4, 0.5) is 0 Å². The molecule has 176 valence electrons. The summed E-state index contributed by atoms with van der Waals surface area (Å²) >= 11 is 0. The van der Waals surface area contributed by atoms with Crippen molar-refractivity contribution in [3.63, 3.8) is 0 Å². The average molecular weight is 458 g/mol. The van der Waals surface area contributed by atoms with Crippen LogP contribution in [0.2, 0.25) is 0 Å². The van der Waals surface area contributed by atoms with Gasteiger partial charge in [-0.1, -0.05) is 56.9 Å². The molecule has 0 amide bonds. The third-order valence-corrected chi connectivity index (χ3v) is 6.87. The molecule has 8 nitrogen and oxygen atoms in total. The van der Waals surface area contributed by atoms with Crippen LogP contribution in [0.25, 0.3) is 22.5 Å². The number of hydrogen-bond donors (Lipinski definition) is 1. The number of aromatic nitrogens is 7. The molecule has 0 saturated heterocycles. The summed E-state index contributed by atoms with van der Waals surface area (Å²) < 4.78 is 4.00. The number of aryl methyl sites for hydroxylation is 1. The fourth-order valence-corrected chi connectivity index (χ4v) is 4.98. The third-order valence-electron chi connectivity index (χ3n) is 6.87. The highest BCUT2D eigenvalue weighted by Gasteiger charge is 2.21. The van der Waals surface area contributed by atoms with Crippen molar-refractivity contribution >= 4 is 0 Å². The maximum atomic E-state index is 13.4. The minimum atomic E-state index is 0.135. The number of rotatable bonds is 8. The summed E-state index contributed by atoms with van der Waals surface area (Å²) in [7, 11) is 0. The Morgan fingerprint density at radius 2 is 1.88 bits per heavy atom. The monoisotopic (exact) mass is 457 g/mol. The molecule has 5 rings (SSSR count). The predicted molar refractivity (Wildman–Crippen MR) is 131 cm³/mol. The Hall–Kier alpha value is -3.55. The lowest BCUT2D eigenvalue weighted by Gasteiger charge is -2.22. The second-order valence-electron chi connectivity index (χ2n) is 9.16. The molecule has 0 bridgehead atoms. The molecule has 0 spiro atoms. The fourth-order valence-electron chi connectivity index (χ4n) is 4.98. The van der Waals surface area contributed by atoms with E-state index in [1.807, 2.05) is 15.2 Å². The summed E-state index contributed by atoms with van der Waals surface area (Å²) in [6.45, 7) is 2.79. The first-order valence-corrected chi connectivity index (χ1v) is 12.3. The molecule has 1 fully saturated rings. The first-order valence-electron chi connectivity index (χ1n) is 12.3. The Morgan fingerprint density at radius 3 is 2.62 bits per heavy atom. The minimum absolute atomic E-state index is 0.135. The molecule has 8 heteroatoms. The van der Waals surface area contributed by atoms with E-state index in [9.17, 15) is 4.79 Å². The lowest BCUT2D eigenvalue weighted by atomic mass is 9.95. The van der Waals surface area contributed by atoms with Gasteiger partial charge in [-0.05, 0) is 58.9 Å². The van der Waals surface area contributed by atoms with E-state index < -0.39 is 0 Å². The zero-order chi connectivity index (χ0) is 23.3. The van der Waals surface area contributed by atoms with Gasteiger partial charge in [0.1, 0.15) is 0 Å². The fraction of sp³-hybridized carbons (Fsp3) is 0.423. The summed E-state index contributed by atoms with van der Waals surface area (Å²) in [5.74, 6) is 0.586. The molecule has 1 aliphatic rings. The highest BCUT2D eigenvalue weighted by Crippen LogP contribution is 2.30. The van der Waals surface area contributed by atoms with Gasteiger partial charge in [-0.2, -0.15) is 0 Å². The first-order chi connectivity index (χ1) is 16.7. The van der Waals surface area contributed by atoms with Crippen LogP contribution in [0.5, 0.6) is 0 Å². The van der Waals surface area contributed by atoms with Crippen molar-refractivity contribution in [1.82, 2.24) is 34.7 Å². The molecular weight excluding hydrogens is 426 g/mol. The van der Waals surface area contributed by atoms with E-state index in [4.69, 9.17) is 0 Å². The van der Waals surface area contributed by atoms with Crippen LogP contribution in [0.1, 0.15) is 69.2 Å². The van der Waals surface area contributed by atoms with Gasteiger partial charge in [0.25, 0.3) is 0 Å². The normalized spacial score (nSPS) is 14.5. The van der Waals surface area contributed by atoms with Gasteiger partial charge in [-0.15, -0.1) is 5.10 Å². The highest BCUT2D eigenvalue weighted by molar-refractivity contribution is 5.79. The Labute approximate surface area is 199 Å². The number of unbranched alkanes of at least 4 members (excludes halogenated alkanes) is 1. The smallest absolute Gasteiger partial charge is 0.296 e. The maximum absolute atomic E-state index is 13.4. The van der Waals surface area contributed by atoms with Crippen LogP contribution in [-0.2, 0) is 13.0 Å². The molecule has 4 aromatic rings. The van der Waals surface area contributed by atoms with Gasteiger partial charge >= 0.3 is 5.69 Å². The molecule has 0 atom stereocenters. The molecule has 1 N–H and O–H groups in total. The van der Waals surface area contributed by atoms with Gasteiger partial charge in [-0.3, -0.25) is 14.1 Å². The molecule has 1 aliphatic carbocycles. The largest absolute Gasteiger partial charge is 0.328 e. The number of benzene rings is 1. The summed E-state index contributed by atoms with van der Waals surface area (Å²) in [6.07, 6.45) is 14.8. The Bertz CT molecular complexity index is 1270. The number of hydrogen-bond acceptors (Lipinski definition) is 5. The van der Waals surface area contributed by atoms with Crippen LogP contribution in [0, 0.1) is 0 Å². The Balaban J connectivity index is 1.42. The molecule has 3 aromatic heterocycles. The highest BCUT2D eigenvalue weighted by atomic mass is 16.1. The minimum Gasteiger partial charge on any atom is -0.296 e. The van der Waals surface area contributed by atoms with E-state index in [1.165, 1.54) is 19.3 Å². The van der Waals surface area contributed by atoms with Crippen molar-refractivity contribution in [1.29, 1.82) is 0 Å². The summed E-state index contributed by atoms with van der Waals surface area (Å²) in [6, 6.07) is 10.7. The van der Waals surface area contributed by atoms with Crippen molar-refractivity contribution in [3.8, 4) is 22.5 Å². The Morgan fingerprint density at radius 1 is 1.06 bits per heavy atom. The maximum Gasteiger partial charge on any atom is 0.328 e. The van der Waals surface area contributed by atoms with Crippen molar-refractivity contribution in [3.05, 3.63) is 70.7 Å². The lowest BCUT2D eigenvalue weighted by molar-refractivity contribution is 0.344. The molecule has 0 aliphatic heterocycles.